The van der Waals surface area contributed by atoms with Gasteiger partial charge in [-0.05, 0) is 29.5 Å². The molecule has 1 aliphatic rings. The Bertz CT molecular complexity index is 504. The van der Waals surface area contributed by atoms with Gasteiger partial charge in [0.2, 0.25) is 0 Å². The highest BCUT2D eigenvalue weighted by Gasteiger charge is 2.26. The maximum Gasteiger partial charge on any atom is 0.0793 e. The largest absolute Gasteiger partial charge is 0.388 e. The van der Waals surface area contributed by atoms with Gasteiger partial charge in [0.15, 0.2) is 0 Å². The highest BCUT2D eigenvalue weighted by Crippen LogP contribution is 2.40. The average molecular weight is 224 g/mol. The number of aliphatic hydroxyl groups is 1. The van der Waals surface area contributed by atoms with E-state index in [4.69, 9.17) is 0 Å². The minimum Gasteiger partial charge on any atom is -0.388 e. The molecular formula is C16H16O. The van der Waals surface area contributed by atoms with Gasteiger partial charge >= 0.3 is 0 Å². The van der Waals surface area contributed by atoms with Crippen molar-refractivity contribution in [3.05, 3.63) is 71.3 Å². The van der Waals surface area contributed by atoms with E-state index in [1.807, 2.05) is 12.1 Å². The van der Waals surface area contributed by atoms with Crippen molar-refractivity contribution in [1.82, 2.24) is 0 Å². The molecule has 0 spiro atoms. The summed E-state index contributed by atoms with van der Waals surface area (Å²) in [6.07, 6.45) is 1.60. The van der Waals surface area contributed by atoms with Crippen LogP contribution in [0.15, 0.2) is 54.6 Å². The first-order valence-corrected chi connectivity index (χ1v) is 6.18. The van der Waals surface area contributed by atoms with Gasteiger partial charge in [-0.25, -0.2) is 0 Å². The summed E-state index contributed by atoms with van der Waals surface area (Å²) < 4.78 is 0. The molecule has 17 heavy (non-hydrogen) atoms. The third-order valence-electron chi connectivity index (χ3n) is 3.66. The Morgan fingerprint density at radius 1 is 0.765 bits per heavy atom. The van der Waals surface area contributed by atoms with Gasteiger partial charge in [0.1, 0.15) is 0 Å². The molecule has 0 aliphatic heterocycles. The van der Waals surface area contributed by atoms with Crippen molar-refractivity contribution in [2.24, 2.45) is 0 Å². The minimum atomic E-state index is -0.286. The molecule has 1 heteroatoms. The van der Waals surface area contributed by atoms with Gasteiger partial charge in [0.05, 0.1) is 6.10 Å². The molecule has 0 saturated heterocycles. The highest BCUT2D eigenvalue weighted by atomic mass is 16.3. The summed E-state index contributed by atoms with van der Waals surface area (Å²) in [6.45, 7) is 0. The van der Waals surface area contributed by atoms with E-state index >= 15 is 0 Å². The fourth-order valence-electron chi connectivity index (χ4n) is 2.80. The number of benzene rings is 2. The van der Waals surface area contributed by atoms with Crippen LogP contribution in [0, 0.1) is 0 Å². The van der Waals surface area contributed by atoms with Gasteiger partial charge in [-0.15, -0.1) is 0 Å². The van der Waals surface area contributed by atoms with Crippen LogP contribution in [0.4, 0.5) is 0 Å². The highest BCUT2D eigenvalue weighted by molar-refractivity contribution is 5.40. The Balaban J connectivity index is 2.07. The Hall–Kier alpha value is -1.60. The minimum absolute atomic E-state index is 0.286. The molecule has 86 valence electrons. The van der Waals surface area contributed by atoms with Crippen molar-refractivity contribution in [3.63, 3.8) is 0 Å². The van der Waals surface area contributed by atoms with Crippen LogP contribution in [0.5, 0.6) is 0 Å². The van der Waals surface area contributed by atoms with Crippen LogP contribution in [-0.2, 0) is 0 Å². The fraction of sp³-hybridized carbons (Fsp3) is 0.250. The monoisotopic (exact) mass is 224 g/mol. The van der Waals surface area contributed by atoms with Crippen LogP contribution in [0.3, 0.4) is 0 Å². The fourth-order valence-corrected chi connectivity index (χ4v) is 2.80. The van der Waals surface area contributed by atoms with Crippen LogP contribution in [0.2, 0.25) is 0 Å². The molecular weight excluding hydrogens is 208 g/mol. The molecule has 2 atom stereocenters. The molecule has 2 aromatic carbocycles. The average Bonchev–Trinajstić information content (AvgIpc) is 2.41. The van der Waals surface area contributed by atoms with E-state index < -0.39 is 0 Å². The Labute approximate surface area is 102 Å². The zero-order valence-electron chi connectivity index (χ0n) is 9.71. The zero-order chi connectivity index (χ0) is 11.7. The van der Waals surface area contributed by atoms with Gasteiger partial charge in [-0.2, -0.15) is 0 Å². The number of hydrogen-bond acceptors (Lipinski definition) is 1. The van der Waals surface area contributed by atoms with Crippen molar-refractivity contribution < 1.29 is 5.11 Å². The van der Waals surface area contributed by atoms with Crippen molar-refractivity contribution in [2.45, 2.75) is 24.9 Å². The summed E-state index contributed by atoms with van der Waals surface area (Å²) >= 11 is 0. The quantitative estimate of drug-likeness (QED) is 0.784. The summed E-state index contributed by atoms with van der Waals surface area (Å²) in [5, 5.41) is 10.0. The second-order valence-electron chi connectivity index (χ2n) is 4.69. The smallest absolute Gasteiger partial charge is 0.0793 e. The first-order valence-electron chi connectivity index (χ1n) is 6.18. The van der Waals surface area contributed by atoms with Gasteiger partial charge < -0.3 is 5.11 Å². The molecule has 0 saturated carbocycles. The number of rotatable bonds is 1. The SMILES string of the molecule is O[C@@H]1CCC(c2ccccc2)c2ccccc21. The van der Waals surface area contributed by atoms with Gasteiger partial charge in [0.25, 0.3) is 0 Å². The lowest BCUT2D eigenvalue weighted by molar-refractivity contribution is 0.153. The topological polar surface area (TPSA) is 20.2 Å². The van der Waals surface area contributed by atoms with E-state index in [1.165, 1.54) is 11.1 Å². The van der Waals surface area contributed by atoms with Crippen molar-refractivity contribution >= 4 is 0 Å². The molecule has 1 aliphatic carbocycles. The second-order valence-corrected chi connectivity index (χ2v) is 4.69. The molecule has 2 aromatic rings. The third-order valence-corrected chi connectivity index (χ3v) is 3.66. The van der Waals surface area contributed by atoms with Crippen molar-refractivity contribution in [2.75, 3.05) is 0 Å². The standard InChI is InChI=1S/C16H16O/c17-16-11-10-13(12-6-2-1-3-7-12)14-8-4-5-9-15(14)16/h1-9,13,16-17H,10-11H2/t13?,16-/m1/s1. The molecule has 0 amide bonds. The summed E-state index contributed by atoms with van der Waals surface area (Å²) in [4.78, 5) is 0. The molecule has 3 rings (SSSR count). The summed E-state index contributed by atoms with van der Waals surface area (Å²) in [7, 11) is 0. The molecule has 0 heterocycles. The predicted molar refractivity (Wildman–Crippen MR) is 68.9 cm³/mol. The van der Waals surface area contributed by atoms with Crippen LogP contribution in [0.1, 0.15) is 41.6 Å². The summed E-state index contributed by atoms with van der Waals surface area (Å²) in [5.41, 5.74) is 3.75. The van der Waals surface area contributed by atoms with E-state index in [0.717, 1.165) is 18.4 Å². The van der Waals surface area contributed by atoms with E-state index in [2.05, 4.69) is 42.5 Å². The van der Waals surface area contributed by atoms with Crippen molar-refractivity contribution in [1.29, 1.82) is 0 Å². The van der Waals surface area contributed by atoms with Crippen LogP contribution in [-0.4, -0.2) is 5.11 Å². The maximum atomic E-state index is 10.0. The lowest BCUT2D eigenvalue weighted by atomic mass is 9.78. The number of hydrogen-bond donors (Lipinski definition) is 1. The third kappa shape index (κ3) is 1.87. The molecule has 0 aromatic heterocycles. The molecule has 0 radical (unpaired) electrons. The second kappa shape index (κ2) is 4.34. The van der Waals surface area contributed by atoms with Crippen LogP contribution < -0.4 is 0 Å². The van der Waals surface area contributed by atoms with Gasteiger partial charge in [0, 0.05) is 5.92 Å². The van der Waals surface area contributed by atoms with E-state index in [1.54, 1.807) is 0 Å². The van der Waals surface area contributed by atoms with Crippen LogP contribution in [0.25, 0.3) is 0 Å². The Kier molecular flexibility index (Phi) is 2.69. The molecule has 1 nitrogen and oxygen atoms in total. The Morgan fingerprint density at radius 3 is 2.18 bits per heavy atom. The molecule has 1 unspecified atom stereocenters. The number of aliphatic hydroxyl groups excluding tert-OH is 1. The number of fused-ring (bicyclic) bond motifs is 1. The van der Waals surface area contributed by atoms with Gasteiger partial charge in [-0.1, -0.05) is 54.6 Å². The molecule has 0 bridgehead atoms. The van der Waals surface area contributed by atoms with Gasteiger partial charge in [-0.3, -0.25) is 0 Å². The molecule has 1 N–H and O–H groups in total. The Morgan fingerprint density at radius 2 is 1.41 bits per heavy atom. The first-order chi connectivity index (χ1) is 8.36. The van der Waals surface area contributed by atoms with Crippen LogP contribution >= 0.6 is 0 Å². The van der Waals surface area contributed by atoms with E-state index in [-0.39, 0.29) is 6.10 Å². The normalized spacial score (nSPS) is 23.1. The maximum absolute atomic E-state index is 10.0. The van der Waals surface area contributed by atoms with Crippen molar-refractivity contribution in [3.8, 4) is 0 Å². The molecule has 0 fully saturated rings. The van der Waals surface area contributed by atoms with E-state index in [0.29, 0.717) is 5.92 Å². The lowest BCUT2D eigenvalue weighted by Crippen LogP contribution is -2.14. The summed E-state index contributed by atoms with van der Waals surface area (Å²) in [5.74, 6) is 0.441. The lowest BCUT2D eigenvalue weighted by Gasteiger charge is -2.29. The zero-order valence-corrected chi connectivity index (χ0v) is 9.71. The summed E-state index contributed by atoms with van der Waals surface area (Å²) in [6, 6.07) is 18.9. The first kappa shape index (κ1) is 10.5. The van der Waals surface area contributed by atoms with E-state index in [9.17, 15) is 5.11 Å². The predicted octanol–water partition coefficient (Wildman–Crippen LogP) is 3.65.